The molecule has 0 fully saturated rings. The van der Waals surface area contributed by atoms with E-state index >= 15 is 0 Å². The van der Waals surface area contributed by atoms with Gasteiger partial charge in [-0.1, -0.05) is 20.3 Å². The Labute approximate surface area is 111 Å². The molecule has 0 aromatic carbocycles. The first-order valence-electron chi connectivity index (χ1n) is 5.86. The van der Waals surface area contributed by atoms with Crippen molar-refractivity contribution in [1.29, 1.82) is 0 Å². The molecule has 0 unspecified atom stereocenters. The molecule has 0 atom stereocenters. The zero-order valence-corrected chi connectivity index (χ0v) is 13.4. The predicted octanol–water partition coefficient (Wildman–Crippen LogP) is 4.48. The van der Waals surface area contributed by atoms with E-state index in [-0.39, 0.29) is 0 Å². The van der Waals surface area contributed by atoms with Crippen LogP contribution in [0.4, 0.5) is 16.9 Å². The molecule has 1 nitrogen and oxygen atoms in total. The van der Waals surface area contributed by atoms with E-state index in [2.05, 4.69) is 42.9 Å². The van der Waals surface area contributed by atoms with Crippen molar-refractivity contribution in [3.05, 3.63) is 30.1 Å². The van der Waals surface area contributed by atoms with Gasteiger partial charge in [0.15, 0.2) is 12.4 Å². The zero-order chi connectivity index (χ0) is 15.2. The van der Waals surface area contributed by atoms with Crippen LogP contribution in [-0.2, 0) is 13.0 Å². The fourth-order valence-corrected chi connectivity index (χ4v) is 1.27. The Hall–Kier alpha value is -0.452. The first-order valence-corrected chi connectivity index (χ1v) is 11.6. The van der Waals surface area contributed by atoms with Crippen LogP contribution >= 0.6 is 0 Å². The van der Waals surface area contributed by atoms with Crippen LogP contribution in [-0.4, -0.2) is 19.5 Å². The molecular weight excluding hydrogens is 382 g/mol. The fraction of sp³-hybridized carbons (Fsp3) is 0.545. The van der Waals surface area contributed by atoms with Crippen LogP contribution in [0.1, 0.15) is 32.3 Å². The number of aryl methyl sites for hydroxylation is 2. The number of unbranched alkanes of at least 4 members (excludes halogenated alkanes) is 1. The molecule has 0 saturated carbocycles. The van der Waals surface area contributed by atoms with E-state index in [0.29, 0.717) is 0 Å². The second-order valence-corrected chi connectivity index (χ2v) is 9.59. The van der Waals surface area contributed by atoms with Gasteiger partial charge in [0, 0.05) is 18.1 Å². The Morgan fingerprint density at radius 1 is 1.05 bits per heavy atom. The monoisotopic (exact) mass is 399 g/mol. The Morgan fingerprint density at radius 2 is 1.58 bits per heavy atom. The molecule has 1 rings (SSSR count). The third kappa shape index (κ3) is 17.5. The summed E-state index contributed by atoms with van der Waals surface area (Å²) in [7, 11) is 0. The van der Waals surface area contributed by atoms with Crippen molar-refractivity contribution in [2.75, 3.05) is 0 Å². The summed E-state index contributed by atoms with van der Waals surface area (Å²) in [6, 6.07) is 4.32. The summed E-state index contributed by atoms with van der Waals surface area (Å²) >= 11 is -11.2. The number of hydrogen-bond donors (Lipinski definition) is 0. The van der Waals surface area contributed by atoms with E-state index < -0.39 is 19.5 Å². The molecule has 1 heterocycles. The summed E-state index contributed by atoms with van der Waals surface area (Å²) < 4.78 is 61.8. The molecule has 0 aliphatic rings. The number of aromatic nitrogens is 1. The Balaban J connectivity index is 0.000000399. The second kappa shape index (κ2) is 5.90. The van der Waals surface area contributed by atoms with Gasteiger partial charge in [-0.2, -0.15) is 0 Å². The summed E-state index contributed by atoms with van der Waals surface area (Å²) in [5.74, 6) is 0. The average molecular weight is 400 g/mol. The van der Waals surface area contributed by atoms with Gasteiger partial charge < -0.3 is 0 Å². The standard InChI is InChI=1S/C11H18N.6FH.Sb/c1-3-5-8-12-9-6-7-11(4-2)10-12;;;;;;;/h6-7,9-10H,3-5,8H2,1-2H3;6*1H;/q+1;;;;;;;+5/p-6. The quantitative estimate of drug-likeness (QED) is 0.399. The predicted molar refractivity (Wildman–Crippen MR) is 63.3 cm³/mol. The van der Waals surface area contributed by atoms with E-state index in [1.54, 1.807) is 0 Å². The van der Waals surface area contributed by atoms with Gasteiger partial charge in [-0.15, -0.1) is 0 Å². The van der Waals surface area contributed by atoms with Crippen molar-refractivity contribution in [3.63, 3.8) is 0 Å². The van der Waals surface area contributed by atoms with Crippen molar-refractivity contribution in [2.45, 2.75) is 39.7 Å². The molecule has 114 valence electrons. The van der Waals surface area contributed by atoms with Gasteiger partial charge in [-0.25, -0.2) is 4.57 Å². The SMILES string of the molecule is CCCC[n+]1cccc(CC)c1.[F][Sb-]([F])([F])([F])([F])[F]. The molecule has 8 heteroatoms. The van der Waals surface area contributed by atoms with E-state index in [4.69, 9.17) is 0 Å². The molecule has 19 heavy (non-hydrogen) atoms. The molecule has 1 aromatic rings. The van der Waals surface area contributed by atoms with E-state index in [0.717, 1.165) is 13.0 Å². The molecule has 0 N–H and O–H groups in total. The first-order chi connectivity index (χ1) is 8.31. The summed E-state index contributed by atoms with van der Waals surface area (Å²) in [5.41, 5.74) is 1.42. The summed E-state index contributed by atoms with van der Waals surface area (Å²) in [5, 5.41) is 0. The maximum atomic E-state index is 9.93. The first kappa shape index (κ1) is 18.5. The second-order valence-electron chi connectivity index (χ2n) is 4.12. The van der Waals surface area contributed by atoms with Gasteiger partial charge in [0.05, 0.1) is 0 Å². The van der Waals surface area contributed by atoms with Crippen LogP contribution in [0, 0.1) is 0 Å². The van der Waals surface area contributed by atoms with Crippen molar-refractivity contribution in [2.24, 2.45) is 0 Å². The van der Waals surface area contributed by atoms with Gasteiger partial charge in [-0.3, -0.25) is 0 Å². The third-order valence-corrected chi connectivity index (χ3v) is 2.10. The Bertz CT molecular complexity index is 388. The van der Waals surface area contributed by atoms with Crippen molar-refractivity contribution in [3.8, 4) is 0 Å². The molecular formula is C11H18F6NSb. The number of pyridine rings is 1. The van der Waals surface area contributed by atoms with E-state index in [1.165, 1.54) is 18.4 Å². The molecule has 1 aromatic heterocycles. The molecule has 0 aliphatic heterocycles. The fourth-order valence-electron chi connectivity index (χ4n) is 1.27. The summed E-state index contributed by atoms with van der Waals surface area (Å²) in [4.78, 5) is 0. The number of hydrogen-bond acceptors (Lipinski definition) is 0. The Morgan fingerprint density at radius 3 is 2.00 bits per heavy atom. The minimum atomic E-state index is -11.2. The summed E-state index contributed by atoms with van der Waals surface area (Å²) in [6.45, 7) is 5.58. The van der Waals surface area contributed by atoms with Gasteiger partial charge in [0.2, 0.25) is 0 Å². The number of nitrogens with zero attached hydrogens (tertiary/aromatic N) is 1. The molecule has 0 saturated heterocycles. The summed E-state index contributed by atoms with van der Waals surface area (Å²) in [6.07, 6.45) is 8.07. The topological polar surface area (TPSA) is 3.88 Å². The third-order valence-electron chi connectivity index (χ3n) is 2.10. The molecule has 0 bridgehead atoms. The Kier molecular flexibility index (Phi) is 5.76. The van der Waals surface area contributed by atoms with Crippen molar-refractivity contribution < 1.29 is 21.4 Å². The number of halogens is 6. The van der Waals surface area contributed by atoms with Crippen LogP contribution in [0.25, 0.3) is 0 Å². The van der Waals surface area contributed by atoms with Crippen molar-refractivity contribution in [1.82, 2.24) is 0 Å². The van der Waals surface area contributed by atoms with Gasteiger partial charge in [0.25, 0.3) is 0 Å². The minimum absolute atomic E-state index is 1.13. The van der Waals surface area contributed by atoms with Crippen LogP contribution in [0.3, 0.4) is 0 Å². The van der Waals surface area contributed by atoms with Crippen LogP contribution in [0.15, 0.2) is 24.5 Å². The van der Waals surface area contributed by atoms with Crippen LogP contribution < -0.4 is 4.57 Å². The molecule has 0 amide bonds. The maximum absolute atomic E-state index is 11.2. The van der Waals surface area contributed by atoms with E-state index in [9.17, 15) is 16.9 Å². The molecule has 0 spiro atoms. The molecule has 0 radical (unpaired) electrons. The molecule has 0 aliphatic carbocycles. The zero-order valence-electron chi connectivity index (χ0n) is 10.8. The number of rotatable bonds is 4. The average Bonchev–Trinajstić information content (AvgIpc) is 2.22. The normalized spacial score (nSPS) is 14.9. The van der Waals surface area contributed by atoms with Gasteiger partial charge in [0.1, 0.15) is 6.54 Å². The van der Waals surface area contributed by atoms with Gasteiger partial charge >= 0.3 is 36.4 Å². The van der Waals surface area contributed by atoms with Crippen LogP contribution in [0.5, 0.6) is 0 Å². The van der Waals surface area contributed by atoms with Gasteiger partial charge in [-0.05, 0) is 12.5 Å². The van der Waals surface area contributed by atoms with Crippen LogP contribution in [0.2, 0.25) is 0 Å². The van der Waals surface area contributed by atoms with E-state index in [1.807, 2.05) is 0 Å². The van der Waals surface area contributed by atoms with Crippen molar-refractivity contribution >= 4 is 19.5 Å².